The molecule has 0 aliphatic rings. The van der Waals surface area contributed by atoms with Gasteiger partial charge < -0.3 is 10.5 Å². The van der Waals surface area contributed by atoms with Gasteiger partial charge in [0.2, 0.25) is 0 Å². The van der Waals surface area contributed by atoms with Crippen molar-refractivity contribution >= 4 is 31.9 Å². The van der Waals surface area contributed by atoms with Gasteiger partial charge in [0.05, 0.1) is 15.6 Å². The summed E-state index contributed by atoms with van der Waals surface area (Å²) in [6.45, 7) is 5.64. The van der Waals surface area contributed by atoms with Crippen LogP contribution >= 0.6 is 31.9 Å². The summed E-state index contributed by atoms with van der Waals surface area (Å²) in [6.07, 6.45) is 1.05. The summed E-state index contributed by atoms with van der Waals surface area (Å²) in [6, 6.07) is 3.99. The lowest BCUT2D eigenvalue weighted by Crippen LogP contribution is -2.03. The van der Waals surface area contributed by atoms with Crippen molar-refractivity contribution in [1.82, 2.24) is 0 Å². The summed E-state index contributed by atoms with van der Waals surface area (Å²) in [5, 5.41) is 0. The van der Waals surface area contributed by atoms with Gasteiger partial charge in [0.25, 0.3) is 0 Å². The molecule has 1 aromatic rings. The Hall–Kier alpha value is -0.0600. The molecule has 0 unspecified atom stereocenters. The third-order valence-corrected chi connectivity index (χ3v) is 3.41. The Balaban J connectivity index is 2.72. The van der Waals surface area contributed by atoms with Crippen LogP contribution in [0.25, 0.3) is 0 Å². The molecule has 0 radical (unpaired) electrons. The highest BCUT2D eigenvalue weighted by Gasteiger charge is 2.08. The average Bonchev–Trinajstić information content (AvgIpc) is 2.21. The number of halogens is 2. The van der Waals surface area contributed by atoms with Crippen molar-refractivity contribution in [2.75, 3.05) is 6.61 Å². The van der Waals surface area contributed by atoms with Crippen molar-refractivity contribution < 1.29 is 4.74 Å². The zero-order valence-corrected chi connectivity index (χ0v) is 12.8. The number of nitrogens with two attached hydrogens (primary N) is 1. The van der Waals surface area contributed by atoms with Crippen LogP contribution in [-0.4, -0.2) is 6.61 Å². The lowest BCUT2D eigenvalue weighted by Gasteiger charge is -2.12. The average molecular weight is 351 g/mol. The SMILES string of the molecule is CC(C)CCOc1c(Br)cc(CN)cc1Br. The van der Waals surface area contributed by atoms with E-state index in [0.717, 1.165) is 33.3 Å². The normalized spacial score (nSPS) is 10.9. The van der Waals surface area contributed by atoms with Gasteiger partial charge >= 0.3 is 0 Å². The molecule has 0 bridgehead atoms. The van der Waals surface area contributed by atoms with E-state index in [2.05, 4.69) is 45.7 Å². The molecular weight excluding hydrogens is 334 g/mol. The van der Waals surface area contributed by atoms with E-state index in [-0.39, 0.29) is 0 Å². The van der Waals surface area contributed by atoms with E-state index in [1.807, 2.05) is 12.1 Å². The van der Waals surface area contributed by atoms with Gasteiger partial charge in [-0.3, -0.25) is 0 Å². The van der Waals surface area contributed by atoms with Crippen LogP contribution < -0.4 is 10.5 Å². The van der Waals surface area contributed by atoms with E-state index in [1.54, 1.807) is 0 Å². The third kappa shape index (κ3) is 4.07. The Morgan fingerprint density at radius 1 is 1.25 bits per heavy atom. The molecule has 0 saturated carbocycles. The molecule has 2 N–H and O–H groups in total. The summed E-state index contributed by atoms with van der Waals surface area (Å²) in [7, 11) is 0. The van der Waals surface area contributed by atoms with Crippen molar-refractivity contribution in [2.45, 2.75) is 26.8 Å². The first-order valence-corrected chi connectivity index (χ1v) is 6.94. The maximum Gasteiger partial charge on any atom is 0.147 e. The van der Waals surface area contributed by atoms with Crippen molar-refractivity contribution in [3.63, 3.8) is 0 Å². The molecule has 0 spiro atoms. The van der Waals surface area contributed by atoms with E-state index < -0.39 is 0 Å². The molecule has 0 fully saturated rings. The molecule has 0 aliphatic carbocycles. The highest BCUT2D eigenvalue weighted by atomic mass is 79.9. The van der Waals surface area contributed by atoms with Crippen LogP contribution in [-0.2, 0) is 6.54 Å². The predicted octanol–water partition coefficient (Wildman–Crippen LogP) is 4.10. The van der Waals surface area contributed by atoms with Gasteiger partial charge in [-0.2, -0.15) is 0 Å². The highest BCUT2D eigenvalue weighted by molar-refractivity contribution is 9.11. The Kier molecular flexibility index (Phi) is 5.79. The largest absolute Gasteiger partial charge is 0.491 e. The Labute approximate surface area is 114 Å². The van der Waals surface area contributed by atoms with E-state index in [0.29, 0.717) is 12.5 Å². The van der Waals surface area contributed by atoms with Gasteiger partial charge in [-0.1, -0.05) is 13.8 Å². The Morgan fingerprint density at radius 3 is 2.25 bits per heavy atom. The molecule has 0 aromatic heterocycles. The van der Waals surface area contributed by atoms with E-state index in [1.165, 1.54) is 0 Å². The van der Waals surface area contributed by atoms with Gasteiger partial charge in [-0.25, -0.2) is 0 Å². The second-order valence-electron chi connectivity index (χ2n) is 4.12. The molecule has 0 heterocycles. The first-order valence-electron chi connectivity index (χ1n) is 5.35. The maximum absolute atomic E-state index is 5.74. The topological polar surface area (TPSA) is 35.2 Å². The quantitative estimate of drug-likeness (QED) is 0.867. The molecular formula is C12H17Br2NO. The fourth-order valence-electron chi connectivity index (χ4n) is 1.26. The van der Waals surface area contributed by atoms with Crippen molar-refractivity contribution in [3.05, 3.63) is 26.6 Å². The van der Waals surface area contributed by atoms with Crippen LogP contribution in [0.2, 0.25) is 0 Å². The van der Waals surface area contributed by atoms with E-state index in [4.69, 9.17) is 10.5 Å². The molecule has 1 rings (SSSR count). The Bertz CT molecular complexity index is 330. The monoisotopic (exact) mass is 349 g/mol. The van der Waals surface area contributed by atoms with Crippen molar-refractivity contribution in [3.8, 4) is 5.75 Å². The number of benzene rings is 1. The van der Waals surface area contributed by atoms with Crippen LogP contribution in [0.5, 0.6) is 5.75 Å². The van der Waals surface area contributed by atoms with Gasteiger partial charge in [-0.15, -0.1) is 0 Å². The number of hydrogen-bond acceptors (Lipinski definition) is 2. The molecule has 16 heavy (non-hydrogen) atoms. The second kappa shape index (κ2) is 6.62. The third-order valence-electron chi connectivity index (χ3n) is 2.24. The molecule has 90 valence electrons. The van der Waals surface area contributed by atoms with E-state index in [9.17, 15) is 0 Å². The maximum atomic E-state index is 5.74. The van der Waals surface area contributed by atoms with Gasteiger partial charge in [0, 0.05) is 6.54 Å². The Morgan fingerprint density at radius 2 is 1.81 bits per heavy atom. The van der Waals surface area contributed by atoms with Crippen molar-refractivity contribution in [1.29, 1.82) is 0 Å². The van der Waals surface area contributed by atoms with Crippen LogP contribution in [0.3, 0.4) is 0 Å². The number of rotatable bonds is 5. The fourth-order valence-corrected chi connectivity index (χ4v) is 2.78. The number of hydrogen-bond donors (Lipinski definition) is 1. The zero-order valence-electron chi connectivity index (χ0n) is 9.59. The lowest BCUT2D eigenvalue weighted by atomic mass is 10.1. The van der Waals surface area contributed by atoms with Crippen molar-refractivity contribution in [2.24, 2.45) is 11.7 Å². The first-order chi connectivity index (χ1) is 7.54. The summed E-state index contributed by atoms with van der Waals surface area (Å²) >= 11 is 6.99. The van der Waals surface area contributed by atoms with Crippen LogP contribution in [0.1, 0.15) is 25.8 Å². The highest BCUT2D eigenvalue weighted by Crippen LogP contribution is 2.34. The number of ether oxygens (including phenoxy) is 1. The predicted molar refractivity (Wildman–Crippen MR) is 74.7 cm³/mol. The molecule has 2 nitrogen and oxygen atoms in total. The van der Waals surface area contributed by atoms with E-state index >= 15 is 0 Å². The lowest BCUT2D eigenvalue weighted by molar-refractivity contribution is 0.286. The molecule has 0 aliphatic heterocycles. The minimum Gasteiger partial charge on any atom is -0.491 e. The molecule has 4 heteroatoms. The summed E-state index contributed by atoms with van der Waals surface area (Å²) < 4.78 is 7.64. The molecule has 0 saturated heterocycles. The molecule has 1 aromatic carbocycles. The fraction of sp³-hybridized carbons (Fsp3) is 0.500. The van der Waals surface area contributed by atoms with Gasteiger partial charge in [0.1, 0.15) is 5.75 Å². The smallest absolute Gasteiger partial charge is 0.147 e. The van der Waals surface area contributed by atoms with Crippen LogP contribution in [0.4, 0.5) is 0 Å². The second-order valence-corrected chi connectivity index (χ2v) is 5.83. The summed E-state index contributed by atoms with van der Waals surface area (Å²) in [5.41, 5.74) is 6.67. The summed E-state index contributed by atoms with van der Waals surface area (Å²) in [5.74, 6) is 1.51. The minimum atomic E-state index is 0.531. The minimum absolute atomic E-state index is 0.531. The van der Waals surface area contributed by atoms with Gasteiger partial charge in [0.15, 0.2) is 0 Å². The zero-order chi connectivity index (χ0) is 12.1. The molecule has 0 atom stereocenters. The molecule has 0 amide bonds. The first kappa shape index (κ1) is 14.0. The standard InChI is InChI=1S/C12H17Br2NO/c1-8(2)3-4-16-12-10(13)5-9(7-15)6-11(12)14/h5-6,8H,3-4,7,15H2,1-2H3. The van der Waals surface area contributed by atoms with Crippen LogP contribution in [0.15, 0.2) is 21.1 Å². The van der Waals surface area contributed by atoms with Gasteiger partial charge in [-0.05, 0) is 61.9 Å². The van der Waals surface area contributed by atoms with Crippen LogP contribution in [0, 0.1) is 5.92 Å². The summed E-state index contributed by atoms with van der Waals surface area (Å²) in [4.78, 5) is 0.